The summed E-state index contributed by atoms with van der Waals surface area (Å²) in [7, 11) is 0. The molecule has 2 rings (SSSR count). The number of nitrogens with zero attached hydrogens (tertiary/aromatic N) is 2. The van der Waals surface area contributed by atoms with Gasteiger partial charge in [-0.15, -0.1) is 0 Å². The van der Waals surface area contributed by atoms with Crippen LogP contribution in [-0.4, -0.2) is 9.78 Å². The van der Waals surface area contributed by atoms with Gasteiger partial charge in [0.05, 0.1) is 11.9 Å². The zero-order chi connectivity index (χ0) is 10.8. The van der Waals surface area contributed by atoms with E-state index in [1.165, 1.54) is 5.56 Å². The van der Waals surface area contributed by atoms with E-state index in [0.717, 1.165) is 15.7 Å². The SMILES string of the molecule is Cc1ccc(-n2cc(CN)cn2)cc1Br. The van der Waals surface area contributed by atoms with Gasteiger partial charge in [0.15, 0.2) is 0 Å². The smallest absolute Gasteiger partial charge is 0.0657 e. The van der Waals surface area contributed by atoms with Gasteiger partial charge in [-0.1, -0.05) is 22.0 Å². The lowest BCUT2D eigenvalue weighted by Crippen LogP contribution is -1.96. The second-order valence-corrected chi connectivity index (χ2v) is 4.29. The van der Waals surface area contributed by atoms with Crippen LogP contribution in [-0.2, 0) is 6.54 Å². The van der Waals surface area contributed by atoms with E-state index in [2.05, 4.69) is 34.0 Å². The largest absolute Gasteiger partial charge is 0.326 e. The van der Waals surface area contributed by atoms with Crippen LogP contribution in [0.3, 0.4) is 0 Å². The van der Waals surface area contributed by atoms with Crippen molar-refractivity contribution in [2.75, 3.05) is 0 Å². The van der Waals surface area contributed by atoms with Crippen LogP contribution in [0.2, 0.25) is 0 Å². The number of rotatable bonds is 2. The van der Waals surface area contributed by atoms with Crippen LogP contribution < -0.4 is 5.73 Å². The van der Waals surface area contributed by atoms with Crippen LogP contribution in [0.25, 0.3) is 5.69 Å². The third-order valence-electron chi connectivity index (χ3n) is 2.29. The summed E-state index contributed by atoms with van der Waals surface area (Å²) in [5.41, 5.74) is 8.81. The molecule has 0 spiro atoms. The number of benzene rings is 1. The molecule has 2 N–H and O–H groups in total. The Balaban J connectivity index is 2.40. The van der Waals surface area contributed by atoms with Crippen LogP contribution >= 0.6 is 15.9 Å². The highest BCUT2D eigenvalue weighted by atomic mass is 79.9. The Bertz CT molecular complexity index is 476. The van der Waals surface area contributed by atoms with Crippen molar-refractivity contribution in [3.8, 4) is 5.69 Å². The van der Waals surface area contributed by atoms with E-state index >= 15 is 0 Å². The second-order valence-electron chi connectivity index (χ2n) is 3.43. The number of hydrogen-bond donors (Lipinski definition) is 1. The predicted octanol–water partition coefficient (Wildman–Crippen LogP) is 2.40. The summed E-state index contributed by atoms with van der Waals surface area (Å²) >= 11 is 3.50. The number of aromatic nitrogens is 2. The molecule has 3 nitrogen and oxygen atoms in total. The molecule has 15 heavy (non-hydrogen) atoms. The molecule has 1 heterocycles. The fourth-order valence-electron chi connectivity index (χ4n) is 1.33. The minimum absolute atomic E-state index is 0.521. The van der Waals surface area contributed by atoms with Gasteiger partial charge in [-0.05, 0) is 24.6 Å². The number of halogens is 1. The van der Waals surface area contributed by atoms with Crippen LogP contribution in [0.4, 0.5) is 0 Å². The van der Waals surface area contributed by atoms with Crippen molar-refractivity contribution < 1.29 is 0 Å². The van der Waals surface area contributed by atoms with Gasteiger partial charge >= 0.3 is 0 Å². The molecule has 0 fully saturated rings. The molecule has 4 heteroatoms. The lowest BCUT2D eigenvalue weighted by Gasteiger charge is -2.03. The molecule has 0 bridgehead atoms. The Hall–Kier alpha value is -1.13. The first-order chi connectivity index (χ1) is 7.20. The van der Waals surface area contributed by atoms with Crippen molar-refractivity contribution >= 4 is 15.9 Å². The highest BCUT2D eigenvalue weighted by Crippen LogP contribution is 2.19. The maximum atomic E-state index is 5.53. The summed E-state index contributed by atoms with van der Waals surface area (Å²) in [6, 6.07) is 6.14. The van der Waals surface area contributed by atoms with Gasteiger partial charge in [-0.2, -0.15) is 5.10 Å². The van der Waals surface area contributed by atoms with E-state index < -0.39 is 0 Å². The van der Waals surface area contributed by atoms with Gasteiger partial charge in [-0.25, -0.2) is 4.68 Å². The van der Waals surface area contributed by atoms with E-state index in [-0.39, 0.29) is 0 Å². The normalized spacial score (nSPS) is 10.6. The van der Waals surface area contributed by atoms with Gasteiger partial charge in [0.2, 0.25) is 0 Å². The van der Waals surface area contributed by atoms with Crippen molar-refractivity contribution in [2.24, 2.45) is 5.73 Å². The van der Waals surface area contributed by atoms with Gasteiger partial charge in [0.1, 0.15) is 0 Å². The van der Waals surface area contributed by atoms with Crippen LogP contribution in [0.5, 0.6) is 0 Å². The lowest BCUT2D eigenvalue weighted by atomic mass is 10.2. The Morgan fingerprint density at radius 1 is 1.47 bits per heavy atom. The predicted molar refractivity (Wildman–Crippen MR) is 63.9 cm³/mol. The maximum absolute atomic E-state index is 5.53. The highest BCUT2D eigenvalue weighted by Gasteiger charge is 2.01. The Morgan fingerprint density at radius 3 is 2.87 bits per heavy atom. The first-order valence-corrected chi connectivity index (χ1v) is 5.50. The van der Waals surface area contributed by atoms with E-state index in [9.17, 15) is 0 Å². The minimum atomic E-state index is 0.521. The summed E-state index contributed by atoms with van der Waals surface area (Å²) in [6.07, 6.45) is 3.73. The van der Waals surface area contributed by atoms with Crippen molar-refractivity contribution in [3.63, 3.8) is 0 Å². The van der Waals surface area contributed by atoms with Gasteiger partial charge in [0, 0.05) is 22.8 Å². The zero-order valence-electron chi connectivity index (χ0n) is 8.44. The summed E-state index contributed by atoms with van der Waals surface area (Å²) < 4.78 is 2.91. The zero-order valence-corrected chi connectivity index (χ0v) is 10.0. The Kier molecular flexibility index (Phi) is 2.88. The van der Waals surface area contributed by atoms with Gasteiger partial charge < -0.3 is 5.73 Å². The molecule has 78 valence electrons. The van der Waals surface area contributed by atoms with Crippen molar-refractivity contribution in [3.05, 3.63) is 46.2 Å². The third-order valence-corrected chi connectivity index (χ3v) is 3.15. The fourth-order valence-corrected chi connectivity index (χ4v) is 1.70. The molecule has 0 radical (unpaired) electrons. The van der Waals surface area contributed by atoms with Gasteiger partial charge in [-0.3, -0.25) is 0 Å². The van der Waals surface area contributed by atoms with E-state index in [1.807, 2.05) is 23.0 Å². The first kappa shape index (κ1) is 10.4. The van der Waals surface area contributed by atoms with E-state index in [0.29, 0.717) is 6.54 Å². The molecule has 0 saturated heterocycles. The summed E-state index contributed by atoms with van der Waals surface area (Å²) in [6.45, 7) is 2.58. The maximum Gasteiger partial charge on any atom is 0.0657 e. The third kappa shape index (κ3) is 2.11. The van der Waals surface area contributed by atoms with Crippen LogP contribution in [0, 0.1) is 6.92 Å². The molecule has 0 aliphatic rings. The molecular weight excluding hydrogens is 254 g/mol. The average molecular weight is 266 g/mol. The topological polar surface area (TPSA) is 43.8 Å². The molecule has 2 aromatic rings. The van der Waals surface area contributed by atoms with Gasteiger partial charge in [0.25, 0.3) is 0 Å². The minimum Gasteiger partial charge on any atom is -0.326 e. The Labute approximate surface area is 97.0 Å². The van der Waals surface area contributed by atoms with Crippen molar-refractivity contribution in [1.82, 2.24) is 9.78 Å². The Morgan fingerprint density at radius 2 is 2.27 bits per heavy atom. The highest BCUT2D eigenvalue weighted by molar-refractivity contribution is 9.10. The fraction of sp³-hybridized carbons (Fsp3) is 0.182. The molecule has 0 aliphatic heterocycles. The van der Waals surface area contributed by atoms with E-state index in [1.54, 1.807) is 6.20 Å². The number of hydrogen-bond acceptors (Lipinski definition) is 2. The van der Waals surface area contributed by atoms with Crippen LogP contribution in [0.1, 0.15) is 11.1 Å². The summed E-state index contributed by atoms with van der Waals surface area (Å²) in [5.74, 6) is 0. The molecule has 0 aliphatic carbocycles. The standard InChI is InChI=1S/C11H12BrN3/c1-8-2-3-10(4-11(8)12)15-7-9(5-13)6-14-15/h2-4,6-7H,5,13H2,1H3. The van der Waals surface area contributed by atoms with Crippen molar-refractivity contribution in [1.29, 1.82) is 0 Å². The second kappa shape index (κ2) is 4.16. The summed E-state index contributed by atoms with van der Waals surface area (Å²) in [5, 5.41) is 4.24. The van der Waals surface area contributed by atoms with E-state index in [4.69, 9.17) is 5.73 Å². The molecule has 0 atom stereocenters. The molecule has 0 unspecified atom stereocenters. The lowest BCUT2D eigenvalue weighted by molar-refractivity contribution is 0.878. The van der Waals surface area contributed by atoms with Crippen molar-refractivity contribution in [2.45, 2.75) is 13.5 Å². The molecular formula is C11H12BrN3. The molecule has 0 amide bonds. The number of aryl methyl sites for hydroxylation is 1. The monoisotopic (exact) mass is 265 g/mol. The quantitative estimate of drug-likeness (QED) is 0.907. The molecule has 1 aromatic heterocycles. The average Bonchev–Trinajstić information content (AvgIpc) is 2.70. The number of nitrogens with two attached hydrogens (primary N) is 1. The molecule has 1 aromatic carbocycles. The first-order valence-electron chi connectivity index (χ1n) is 4.71. The van der Waals surface area contributed by atoms with Crippen LogP contribution in [0.15, 0.2) is 35.1 Å². The summed E-state index contributed by atoms with van der Waals surface area (Å²) in [4.78, 5) is 0. The molecule has 0 saturated carbocycles.